The van der Waals surface area contributed by atoms with Crippen LogP contribution < -0.4 is 0 Å². The van der Waals surface area contributed by atoms with Crippen LogP contribution >= 0.6 is 0 Å². The molecular weight excluding hydrogens is 685 g/mol. The third kappa shape index (κ3) is 5.06. The molecule has 1 aliphatic rings. The summed E-state index contributed by atoms with van der Waals surface area (Å²) < 4.78 is 0. The average Bonchev–Trinajstić information content (AvgIpc) is 3.21. The molecule has 0 saturated carbocycles. The Bertz CT molecular complexity index is 2720. The molecule has 4 nitrogen and oxygen atoms in total. The Morgan fingerprint density at radius 2 is 0.482 bits per heavy atom. The summed E-state index contributed by atoms with van der Waals surface area (Å²) >= 11 is 0. The van der Waals surface area contributed by atoms with Gasteiger partial charge in [0.2, 0.25) is 11.8 Å². The molecule has 1 heterocycles. The zero-order valence-electron chi connectivity index (χ0n) is 31.4. The minimum Gasteiger partial charge on any atom is -0.334 e. The summed E-state index contributed by atoms with van der Waals surface area (Å²) in [6, 6.07) is 52.4. The molecule has 0 aliphatic carbocycles. The molecule has 0 N–H and O–H groups in total. The lowest BCUT2D eigenvalue weighted by Gasteiger charge is -2.30. The van der Waals surface area contributed by atoms with Gasteiger partial charge in [-0.3, -0.25) is 9.59 Å². The molecule has 4 bridgehead atoms. The largest absolute Gasteiger partial charge is 0.334 e. The van der Waals surface area contributed by atoms with E-state index in [2.05, 4.69) is 146 Å². The SMILES string of the molecule is CC(=O)N1Cc2c3cc4ccccc4cc3c(c3cc4ccccc4cc23)CN(C(C)=O)Cc2c3cc4ccccc4cc3c(c3cc4ccccc4cc23)C1. The quantitative estimate of drug-likeness (QED) is 0.146. The average molecular weight is 723 g/mol. The van der Waals surface area contributed by atoms with E-state index in [0.29, 0.717) is 26.2 Å². The molecule has 10 aromatic carbocycles. The molecule has 268 valence electrons. The van der Waals surface area contributed by atoms with Crippen molar-refractivity contribution in [1.29, 1.82) is 0 Å². The van der Waals surface area contributed by atoms with Gasteiger partial charge in [-0.15, -0.1) is 0 Å². The first-order valence-corrected chi connectivity index (χ1v) is 19.5. The molecule has 0 radical (unpaired) electrons. The van der Waals surface area contributed by atoms with Crippen LogP contribution in [-0.2, 0) is 35.8 Å². The van der Waals surface area contributed by atoms with Crippen molar-refractivity contribution in [2.75, 3.05) is 0 Å². The summed E-state index contributed by atoms with van der Waals surface area (Å²) in [5, 5.41) is 18.2. The fraction of sp³-hybridized carbons (Fsp3) is 0.115. The molecule has 0 aromatic heterocycles. The van der Waals surface area contributed by atoms with E-state index >= 15 is 0 Å². The fourth-order valence-corrected chi connectivity index (χ4v) is 9.54. The Hall–Kier alpha value is -6.78. The van der Waals surface area contributed by atoms with Gasteiger partial charge < -0.3 is 9.80 Å². The minimum absolute atomic E-state index is 0.0266. The Kier molecular flexibility index (Phi) is 7.21. The van der Waals surface area contributed by atoms with Gasteiger partial charge in [0.15, 0.2) is 0 Å². The molecule has 0 atom stereocenters. The summed E-state index contributed by atoms with van der Waals surface area (Å²) in [4.78, 5) is 32.4. The summed E-state index contributed by atoms with van der Waals surface area (Å²) in [5.74, 6) is 0.0533. The van der Waals surface area contributed by atoms with Crippen LogP contribution in [0.4, 0.5) is 0 Å². The van der Waals surface area contributed by atoms with Crippen molar-refractivity contribution < 1.29 is 9.59 Å². The lowest BCUT2D eigenvalue weighted by Crippen LogP contribution is -2.30. The molecule has 4 heteroatoms. The highest BCUT2D eigenvalue weighted by Gasteiger charge is 2.26. The first-order chi connectivity index (χ1) is 27.4. The lowest BCUT2D eigenvalue weighted by molar-refractivity contribution is -0.130. The topological polar surface area (TPSA) is 40.6 Å². The third-order valence-electron chi connectivity index (χ3n) is 12.4. The van der Waals surface area contributed by atoms with Gasteiger partial charge in [-0.05, 0) is 157 Å². The van der Waals surface area contributed by atoms with Crippen LogP contribution in [-0.4, -0.2) is 21.6 Å². The highest BCUT2D eigenvalue weighted by molar-refractivity contribution is 6.15. The second-order valence-corrected chi connectivity index (χ2v) is 15.6. The van der Waals surface area contributed by atoms with Crippen LogP contribution in [0, 0.1) is 0 Å². The maximum absolute atomic E-state index is 14.1. The van der Waals surface area contributed by atoms with E-state index in [0.717, 1.165) is 108 Å². The van der Waals surface area contributed by atoms with Gasteiger partial charge in [-0.1, -0.05) is 97.1 Å². The monoisotopic (exact) mass is 722 g/mol. The predicted molar refractivity (Wildman–Crippen MR) is 233 cm³/mol. The van der Waals surface area contributed by atoms with Gasteiger partial charge in [0.1, 0.15) is 0 Å². The number of benzene rings is 10. The molecule has 0 spiro atoms. The fourth-order valence-electron chi connectivity index (χ4n) is 9.54. The molecule has 0 saturated heterocycles. The number of hydrogen-bond acceptors (Lipinski definition) is 2. The molecule has 10 aromatic rings. The number of carbonyl (C=O) groups is 2. The molecule has 0 fully saturated rings. The zero-order chi connectivity index (χ0) is 37.7. The van der Waals surface area contributed by atoms with Crippen molar-refractivity contribution in [3.8, 4) is 0 Å². The number of carbonyl (C=O) groups excluding carboxylic acids is 2. The van der Waals surface area contributed by atoms with E-state index in [-0.39, 0.29) is 11.8 Å². The molecule has 11 rings (SSSR count). The number of nitrogens with zero attached hydrogens (tertiary/aromatic N) is 2. The van der Waals surface area contributed by atoms with Gasteiger partial charge in [0.25, 0.3) is 0 Å². The van der Waals surface area contributed by atoms with Gasteiger partial charge in [0.05, 0.1) is 0 Å². The molecular formula is C52H38N2O2. The Labute approximate surface area is 324 Å². The van der Waals surface area contributed by atoms with E-state index in [1.54, 1.807) is 13.8 Å². The van der Waals surface area contributed by atoms with Crippen molar-refractivity contribution >= 4 is 98.0 Å². The highest BCUT2D eigenvalue weighted by Crippen LogP contribution is 2.43. The molecule has 56 heavy (non-hydrogen) atoms. The Morgan fingerprint density at radius 1 is 0.321 bits per heavy atom. The van der Waals surface area contributed by atoms with Gasteiger partial charge in [-0.2, -0.15) is 0 Å². The van der Waals surface area contributed by atoms with Crippen molar-refractivity contribution in [2.45, 2.75) is 40.0 Å². The normalized spacial score (nSPS) is 13.7. The Morgan fingerprint density at radius 3 is 0.625 bits per heavy atom. The van der Waals surface area contributed by atoms with E-state index in [1.807, 2.05) is 9.80 Å². The number of rotatable bonds is 0. The van der Waals surface area contributed by atoms with Gasteiger partial charge in [-0.25, -0.2) is 0 Å². The van der Waals surface area contributed by atoms with Crippen molar-refractivity contribution in [2.24, 2.45) is 0 Å². The van der Waals surface area contributed by atoms with Crippen LogP contribution in [0.3, 0.4) is 0 Å². The summed E-state index contributed by atoms with van der Waals surface area (Å²) in [7, 11) is 0. The third-order valence-corrected chi connectivity index (χ3v) is 12.4. The van der Waals surface area contributed by atoms with Gasteiger partial charge >= 0.3 is 0 Å². The van der Waals surface area contributed by atoms with E-state index in [1.165, 1.54) is 0 Å². The lowest BCUT2D eigenvalue weighted by atomic mass is 9.86. The summed E-state index contributed by atoms with van der Waals surface area (Å²) in [6.45, 7) is 5.15. The second kappa shape index (κ2) is 12.4. The molecule has 0 unspecified atom stereocenters. The highest BCUT2D eigenvalue weighted by atomic mass is 16.2. The number of fused-ring (bicyclic) bond motifs is 10. The predicted octanol–water partition coefficient (Wildman–Crippen LogP) is 12.3. The maximum atomic E-state index is 14.1. The standard InChI is InChI=1S/C52H38N2O2/c1-31(55)53-27-49-41-19-33-11-3-7-15-37(33)23-45(41)51(46-24-38-16-8-4-12-34(38)20-42(46)49)29-54(32(2)56)30-52-47-25-39-17-9-5-13-35(39)21-43(47)50(28-53)44-22-36-14-6-10-18-40(36)26-48(44)52/h3-26H,27-30H2,1-2H3. The summed E-state index contributed by atoms with van der Waals surface area (Å²) in [5.41, 5.74) is 4.49. The van der Waals surface area contributed by atoms with Crippen LogP contribution in [0.5, 0.6) is 0 Å². The van der Waals surface area contributed by atoms with E-state index in [9.17, 15) is 9.59 Å². The zero-order valence-corrected chi connectivity index (χ0v) is 31.4. The van der Waals surface area contributed by atoms with Crippen molar-refractivity contribution in [3.05, 3.63) is 168 Å². The number of amides is 2. The minimum atomic E-state index is 0.0266. The van der Waals surface area contributed by atoms with Gasteiger partial charge in [0, 0.05) is 40.0 Å². The second-order valence-electron chi connectivity index (χ2n) is 15.6. The first kappa shape index (κ1) is 32.6. The van der Waals surface area contributed by atoms with Crippen LogP contribution in [0.25, 0.3) is 86.2 Å². The van der Waals surface area contributed by atoms with E-state index in [4.69, 9.17) is 0 Å². The van der Waals surface area contributed by atoms with Crippen LogP contribution in [0.2, 0.25) is 0 Å². The van der Waals surface area contributed by atoms with Crippen molar-refractivity contribution in [1.82, 2.24) is 9.80 Å². The van der Waals surface area contributed by atoms with Crippen LogP contribution in [0.15, 0.2) is 146 Å². The first-order valence-electron chi connectivity index (χ1n) is 19.5. The smallest absolute Gasteiger partial charge is 0.220 e. The van der Waals surface area contributed by atoms with Crippen LogP contribution in [0.1, 0.15) is 36.1 Å². The van der Waals surface area contributed by atoms with E-state index < -0.39 is 0 Å². The molecule has 1 aliphatic heterocycles. The van der Waals surface area contributed by atoms with Crippen molar-refractivity contribution in [3.63, 3.8) is 0 Å². The Balaban J connectivity index is 1.31. The number of hydrogen-bond donors (Lipinski definition) is 0. The maximum Gasteiger partial charge on any atom is 0.220 e. The molecule has 2 amide bonds. The summed E-state index contributed by atoms with van der Waals surface area (Å²) in [6.07, 6.45) is 0.